The van der Waals surface area contributed by atoms with Crippen LogP contribution in [0.2, 0.25) is 0 Å². The van der Waals surface area contributed by atoms with Crippen LogP contribution in [0.1, 0.15) is 16.8 Å². The maximum Gasteiger partial charge on any atom is 0.311 e. The van der Waals surface area contributed by atoms with Gasteiger partial charge in [-0.05, 0) is 49.0 Å². The molecule has 180 valence electrons. The van der Waals surface area contributed by atoms with Crippen molar-refractivity contribution in [2.24, 2.45) is 7.05 Å². The lowest BCUT2D eigenvalue weighted by molar-refractivity contribution is -0.386. The van der Waals surface area contributed by atoms with E-state index in [1.807, 2.05) is 0 Å². The highest BCUT2D eigenvalue weighted by atomic mass is 32.1. The van der Waals surface area contributed by atoms with Gasteiger partial charge in [0.15, 0.2) is 10.9 Å². The number of nitrogens with zero attached hydrogens (tertiary/aromatic N) is 4. The smallest absolute Gasteiger partial charge is 0.311 e. The molecule has 1 fully saturated rings. The third-order valence-electron chi connectivity index (χ3n) is 5.22. The Morgan fingerprint density at radius 3 is 2.69 bits per heavy atom. The summed E-state index contributed by atoms with van der Waals surface area (Å²) < 4.78 is 26.1. The number of ether oxygens (including phenoxy) is 2. The molecule has 0 saturated carbocycles. The summed E-state index contributed by atoms with van der Waals surface area (Å²) in [6, 6.07) is 8.09. The van der Waals surface area contributed by atoms with Gasteiger partial charge in [0.25, 0.3) is 5.91 Å². The molecule has 0 spiro atoms. The Balaban J connectivity index is 1.60. The number of amides is 1. The third kappa shape index (κ3) is 4.82. The number of hydrogen-bond acceptors (Lipinski definition) is 7. The van der Waals surface area contributed by atoms with Gasteiger partial charge in [-0.1, -0.05) is 6.07 Å². The molecule has 1 aromatic heterocycles. The highest BCUT2D eigenvalue weighted by Gasteiger charge is 2.34. The minimum absolute atomic E-state index is 0.134. The Bertz CT molecular complexity index is 1390. The predicted octanol–water partition coefficient (Wildman–Crippen LogP) is 3.63. The molecule has 1 saturated heterocycles. The summed E-state index contributed by atoms with van der Waals surface area (Å²) >= 11 is 5.36. The first-order valence-corrected chi connectivity index (χ1v) is 10.7. The fraction of sp³-hybridized carbons (Fsp3) is 0.174. The van der Waals surface area contributed by atoms with Crippen LogP contribution in [0.25, 0.3) is 6.08 Å². The van der Waals surface area contributed by atoms with Crippen LogP contribution in [-0.4, -0.2) is 32.8 Å². The zero-order chi connectivity index (χ0) is 25.3. The second-order valence-corrected chi connectivity index (χ2v) is 8.02. The van der Waals surface area contributed by atoms with Crippen molar-refractivity contribution >= 4 is 40.7 Å². The van der Waals surface area contributed by atoms with Crippen LogP contribution in [0, 0.1) is 22.9 Å². The van der Waals surface area contributed by atoms with E-state index in [2.05, 4.69) is 10.4 Å². The number of aromatic nitrogens is 2. The van der Waals surface area contributed by atoms with Crippen LogP contribution in [0.3, 0.4) is 0 Å². The quantitative estimate of drug-likeness (QED) is 0.228. The number of carbonyl (C=O) groups is 1. The monoisotopic (exact) mass is 497 g/mol. The minimum Gasteiger partial charge on any atom is -0.496 e. The lowest BCUT2D eigenvalue weighted by Gasteiger charge is -2.12. The summed E-state index contributed by atoms with van der Waals surface area (Å²) in [6.07, 6.45) is 3.33. The van der Waals surface area contributed by atoms with Crippen molar-refractivity contribution in [3.05, 3.63) is 81.0 Å². The molecule has 0 atom stereocenters. The summed E-state index contributed by atoms with van der Waals surface area (Å²) in [5.41, 5.74) is 2.30. The van der Waals surface area contributed by atoms with Crippen LogP contribution in [0.15, 0.2) is 48.3 Å². The number of hydrogen-bond donors (Lipinski definition) is 1. The largest absolute Gasteiger partial charge is 0.496 e. The van der Waals surface area contributed by atoms with Gasteiger partial charge < -0.3 is 14.8 Å². The molecule has 10 nitrogen and oxygen atoms in total. The summed E-state index contributed by atoms with van der Waals surface area (Å²) in [7, 11) is 3.22. The molecule has 1 N–H and O–H groups in total. The molecular formula is C23H20FN5O5S. The van der Waals surface area contributed by atoms with Crippen molar-refractivity contribution < 1.29 is 23.6 Å². The SMILES string of the molecule is COc1ccc(/C=C2/NC(=S)N(c3cn(C)nc3C)C2=O)cc1COc1cc(F)ccc1[N+](=O)[O-]. The number of nitrogens with one attached hydrogen (secondary N) is 1. The molecule has 0 bridgehead atoms. The summed E-state index contributed by atoms with van der Waals surface area (Å²) in [4.78, 5) is 25.0. The lowest BCUT2D eigenvalue weighted by Crippen LogP contribution is -2.30. The Hall–Kier alpha value is -4.32. The zero-order valence-corrected chi connectivity index (χ0v) is 19.8. The van der Waals surface area contributed by atoms with Crippen molar-refractivity contribution in [2.45, 2.75) is 13.5 Å². The van der Waals surface area contributed by atoms with E-state index in [0.717, 1.165) is 18.2 Å². The van der Waals surface area contributed by atoms with Gasteiger partial charge in [0, 0.05) is 30.9 Å². The molecule has 2 heterocycles. The fourth-order valence-corrected chi connectivity index (χ4v) is 3.93. The second kappa shape index (κ2) is 9.50. The minimum atomic E-state index is -0.661. The average molecular weight is 498 g/mol. The number of benzene rings is 2. The van der Waals surface area contributed by atoms with Gasteiger partial charge in [0.05, 0.1) is 23.4 Å². The molecular weight excluding hydrogens is 477 g/mol. The summed E-state index contributed by atoms with van der Waals surface area (Å²) in [6.45, 7) is 1.65. The summed E-state index contributed by atoms with van der Waals surface area (Å²) in [5, 5.41) is 18.6. The first kappa shape index (κ1) is 23.8. The van der Waals surface area contributed by atoms with Crippen LogP contribution >= 0.6 is 12.2 Å². The van der Waals surface area contributed by atoms with E-state index in [0.29, 0.717) is 28.3 Å². The molecule has 12 heteroatoms. The van der Waals surface area contributed by atoms with Gasteiger partial charge in [0.1, 0.15) is 23.9 Å². The molecule has 0 unspecified atom stereocenters. The van der Waals surface area contributed by atoms with E-state index in [9.17, 15) is 19.3 Å². The second-order valence-electron chi connectivity index (χ2n) is 7.63. The molecule has 4 rings (SSSR count). The van der Waals surface area contributed by atoms with Crippen LogP contribution < -0.4 is 19.7 Å². The number of nitro benzene ring substituents is 1. The molecule has 1 aliphatic heterocycles. The van der Waals surface area contributed by atoms with Gasteiger partial charge in [-0.25, -0.2) is 9.29 Å². The van der Waals surface area contributed by atoms with E-state index in [-0.39, 0.29) is 34.8 Å². The van der Waals surface area contributed by atoms with E-state index in [1.54, 1.807) is 49.1 Å². The standard InChI is InChI=1S/C23H20FN5O5S/c1-13-19(11-27(2)26-13)28-22(30)17(25-23(28)35)9-14-4-7-20(33-3)15(8-14)12-34-21-10-16(24)5-6-18(21)29(31)32/h4-11H,12H2,1-3H3,(H,25,35)/b17-9+. The Labute approximate surface area is 204 Å². The first-order valence-electron chi connectivity index (χ1n) is 10.3. The molecule has 0 radical (unpaired) electrons. The topological polar surface area (TPSA) is 112 Å². The van der Waals surface area contributed by atoms with Gasteiger partial charge in [-0.2, -0.15) is 5.10 Å². The fourth-order valence-electron chi connectivity index (χ4n) is 3.64. The van der Waals surface area contributed by atoms with E-state index >= 15 is 0 Å². The van der Waals surface area contributed by atoms with Gasteiger partial charge >= 0.3 is 5.69 Å². The molecule has 35 heavy (non-hydrogen) atoms. The average Bonchev–Trinajstić information content (AvgIpc) is 3.28. The van der Waals surface area contributed by atoms with E-state index < -0.39 is 10.7 Å². The number of aryl methyl sites for hydroxylation is 2. The zero-order valence-electron chi connectivity index (χ0n) is 18.9. The van der Waals surface area contributed by atoms with Crippen LogP contribution in [0.5, 0.6) is 11.5 Å². The Kier molecular flexibility index (Phi) is 6.47. The van der Waals surface area contributed by atoms with Gasteiger partial charge in [0.2, 0.25) is 0 Å². The van der Waals surface area contributed by atoms with Crippen molar-refractivity contribution in [1.29, 1.82) is 0 Å². The predicted molar refractivity (Wildman–Crippen MR) is 130 cm³/mol. The van der Waals surface area contributed by atoms with Crippen molar-refractivity contribution in [3.8, 4) is 11.5 Å². The molecule has 2 aromatic carbocycles. The lowest BCUT2D eigenvalue weighted by atomic mass is 10.1. The first-order chi connectivity index (χ1) is 16.7. The number of anilines is 1. The maximum absolute atomic E-state index is 13.6. The number of methoxy groups -OCH3 is 1. The molecule has 1 aliphatic rings. The van der Waals surface area contributed by atoms with Crippen LogP contribution in [-0.2, 0) is 18.4 Å². The number of nitro groups is 1. The van der Waals surface area contributed by atoms with Gasteiger partial charge in [-0.3, -0.25) is 19.6 Å². The van der Waals surface area contributed by atoms with E-state index in [1.165, 1.54) is 12.0 Å². The van der Waals surface area contributed by atoms with Crippen molar-refractivity contribution in [2.75, 3.05) is 12.0 Å². The summed E-state index contributed by atoms with van der Waals surface area (Å²) in [5.74, 6) is -0.748. The van der Waals surface area contributed by atoms with Crippen LogP contribution in [0.4, 0.5) is 15.8 Å². The van der Waals surface area contributed by atoms with Crippen molar-refractivity contribution in [1.82, 2.24) is 15.1 Å². The molecule has 0 aliphatic carbocycles. The van der Waals surface area contributed by atoms with E-state index in [4.69, 9.17) is 21.7 Å². The number of rotatable bonds is 7. The Morgan fingerprint density at radius 1 is 1.26 bits per heavy atom. The molecule has 3 aromatic rings. The Morgan fingerprint density at radius 2 is 2.03 bits per heavy atom. The number of halogens is 1. The maximum atomic E-state index is 13.6. The highest BCUT2D eigenvalue weighted by molar-refractivity contribution is 7.80. The van der Waals surface area contributed by atoms with Crippen molar-refractivity contribution in [3.63, 3.8) is 0 Å². The van der Waals surface area contributed by atoms with Gasteiger partial charge in [-0.15, -0.1) is 0 Å². The normalized spacial score (nSPS) is 14.4. The number of carbonyl (C=O) groups excluding carboxylic acids is 1. The highest BCUT2D eigenvalue weighted by Crippen LogP contribution is 2.30. The molecule has 1 amide bonds. The number of thiocarbonyl (C=S) groups is 1. The third-order valence-corrected chi connectivity index (χ3v) is 5.51.